The van der Waals surface area contributed by atoms with Gasteiger partial charge in [-0.3, -0.25) is 9.59 Å². The molecule has 0 aliphatic carbocycles. The van der Waals surface area contributed by atoms with E-state index in [2.05, 4.69) is 0 Å². The quantitative estimate of drug-likeness (QED) is 0.828. The molecule has 1 aliphatic heterocycles. The fourth-order valence-electron chi connectivity index (χ4n) is 1.74. The third-order valence-electron chi connectivity index (χ3n) is 2.47. The SMILES string of the molecule is CC(=O)CN1C(=O)CCSc2cc(Cl)ccc21. The first-order valence-corrected chi connectivity index (χ1v) is 6.66. The molecular formula is C12H12ClNO2S. The van der Waals surface area contributed by atoms with Gasteiger partial charge in [0.25, 0.3) is 0 Å². The Morgan fingerprint density at radius 1 is 1.53 bits per heavy atom. The van der Waals surface area contributed by atoms with Crippen molar-refractivity contribution in [1.82, 2.24) is 0 Å². The number of hydrogen-bond acceptors (Lipinski definition) is 3. The van der Waals surface area contributed by atoms with Crippen LogP contribution in [0.4, 0.5) is 5.69 Å². The molecule has 0 unspecified atom stereocenters. The lowest BCUT2D eigenvalue weighted by Crippen LogP contribution is -2.34. The van der Waals surface area contributed by atoms with Gasteiger partial charge in [-0.25, -0.2) is 0 Å². The van der Waals surface area contributed by atoms with Crippen molar-refractivity contribution < 1.29 is 9.59 Å². The topological polar surface area (TPSA) is 37.4 Å². The highest BCUT2D eigenvalue weighted by atomic mass is 35.5. The van der Waals surface area contributed by atoms with Crippen LogP contribution in [0.15, 0.2) is 23.1 Å². The molecule has 1 aliphatic rings. The van der Waals surface area contributed by atoms with Crippen molar-refractivity contribution in [1.29, 1.82) is 0 Å². The van der Waals surface area contributed by atoms with Crippen LogP contribution < -0.4 is 4.90 Å². The number of Topliss-reactive ketones (excluding diaryl/α,β-unsaturated/α-hetero) is 1. The Labute approximate surface area is 109 Å². The molecule has 1 amide bonds. The van der Waals surface area contributed by atoms with Crippen molar-refractivity contribution in [3.05, 3.63) is 23.2 Å². The van der Waals surface area contributed by atoms with E-state index in [-0.39, 0.29) is 18.2 Å². The number of carbonyl (C=O) groups excluding carboxylic acids is 2. The maximum atomic E-state index is 11.9. The second-order valence-electron chi connectivity index (χ2n) is 3.89. The van der Waals surface area contributed by atoms with E-state index < -0.39 is 0 Å². The minimum atomic E-state index is -0.0221. The molecule has 0 bridgehead atoms. The van der Waals surface area contributed by atoms with Crippen molar-refractivity contribution in [3.63, 3.8) is 0 Å². The molecule has 0 N–H and O–H groups in total. The Morgan fingerprint density at radius 2 is 2.29 bits per heavy atom. The van der Waals surface area contributed by atoms with Crippen LogP contribution in [0, 0.1) is 0 Å². The Bertz CT molecular complexity index is 476. The molecule has 0 saturated carbocycles. The third kappa shape index (κ3) is 2.82. The van der Waals surface area contributed by atoms with E-state index in [1.165, 1.54) is 6.92 Å². The molecular weight excluding hydrogens is 258 g/mol. The summed E-state index contributed by atoms with van der Waals surface area (Å²) in [6.07, 6.45) is 0.449. The van der Waals surface area contributed by atoms with Crippen molar-refractivity contribution in [3.8, 4) is 0 Å². The van der Waals surface area contributed by atoms with Crippen LogP contribution in [0.1, 0.15) is 13.3 Å². The number of benzene rings is 1. The van der Waals surface area contributed by atoms with Crippen LogP contribution in [0.5, 0.6) is 0 Å². The largest absolute Gasteiger partial charge is 0.304 e. The van der Waals surface area contributed by atoms with E-state index in [4.69, 9.17) is 11.6 Å². The van der Waals surface area contributed by atoms with Gasteiger partial charge in [-0.1, -0.05) is 11.6 Å². The van der Waals surface area contributed by atoms with Gasteiger partial charge in [0.1, 0.15) is 5.78 Å². The Morgan fingerprint density at radius 3 is 3.00 bits per heavy atom. The third-order valence-corrected chi connectivity index (χ3v) is 3.75. The molecule has 0 atom stereocenters. The summed E-state index contributed by atoms with van der Waals surface area (Å²) in [5.41, 5.74) is 0.789. The van der Waals surface area contributed by atoms with E-state index in [1.54, 1.807) is 28.8 Å². The molecule has 1 aromatic rings. The van der Waals surface area contributed by atoms with Gasteiger partial charge < -0.3 is 4.90 Å². The summed E-state index contributed by atoms with van der Waals surface area (Å²) in [7, 11) is 0. The van der Waals surface area contributed by atoms with Gasteiger partial charge in [0.05, 0.1) is 12.2 Å². The predicted octanol–water partition coefficient (Wildman–Crippen LogP) is 2.76. The van der Waals surface area contributed by atoms with Crippen LogP contribution in [0.25, 0.3) is 0 Å². The zero-order valence-electron chi connectivity index (χ0n) is 9.40. The van der Waals surface area contributed by atoms with Crippen molar-refractivity contribution >= 4 is 40.7 Å². The summed E-state index contributed by atoms with van der Waals surface area (Å²) in [5.74, 6) is 0.695. The summed E-state index contributed by atoms with van der Waals surface area (Å²) < 4.78 is 0. The number of amides is 1. The number of carbonyl (C=O) groups is 2. The lowest BCUT2D eigenvalue weighted by Gasteiger charge is -2.21. The first-order valence-electron chi connectivity index (χ1n) is 5.30. The standard InChI is InChI=1S/C12H12ClNO2S/c1-8(15)7-14-10-3-2-9(13)6-11(10)17-5-4-12(14)16/h2-3,6H,4-5,7H2,1H3. The van der Waals surface area contributed by atoms with E-state index in [9.17, 15) is 9.59 Å². The number of nitrogens with zero attached hydrogens (tertiary/aromatic N) is 1. The highest BCUT2D eigenvalue weighted by molar-refractivity contribution is 7.99. The molecule has 90 valence electrons. The second-order valence-corrected chi connectivity index (χ2v) is 5.47. The Kier molecular flexibility index (Phi) is 3.74. The fourth-order valence-corrected chi connectivity index (χ4v) is 3.01. The summed E-state index contributed by atoms with van der Waals surface area (Å²) >= 11 is 7.54. The van der Waals surface area contributed by atoms with Crippen LogP contribution in [0.2, 0.25) is 5.02 Å². The van der Waals surface area contributed by atoms with Crippen LogP contribution in [-0.4, -0.2) is 24.0 Å². The predicted molar refractivity (Wildman–Crippen MR) is 69.8 cm³/mol. The number of hydrogen-bond donors (Lipinski definition) is 0. The highest BCUT2D eigenvalue weighted by Gasteiger charge is 2.23. The molecule has 5 heteroatoms. The van der Waals surface area contributed by atoms with E-state index in [0.717, 1.165) is 16.3 Å². The molecule has 0 spiro atoms. The Balaban J connectivity index is 2.43. The first kappa shape index (κ1) is 12.5. The van der Waals surface area contributed by atoms with Gasteiger partial charge in [0.2, 0.25) is 5.91 Å². The van der Waals surface area contributed by atoms with E-state index in [1.807, 2.05) is 6.07 Å². The van der Waals surface area contributed by atoms with Gasteiger partial charge in [-0.05, 0) is 25.1 Å². The molecule has 0 aromatic heterocycles. The van der Waals surface area contributed by atoms with Crippen LogP contribution >= 0.6 is 23.4 Å². The summed E-state index contributed by atoms with van der Waals surface area (Å²) in [4.78, 5) is 25.7. The number of thioether (sulfide) groups is 1. The maximum Gasteiger partial charge on any atom is 0.228 e. The summed E-state index contributed by atoms with van der Waals surface area (Å²) in [6, 6.07) is 5.39. The normalized spacial score (nSPS) is 15.4. The zero-order valence-corrected chi connectivity index (χ0v) is 11.0. The number of fused-ring (bicyclic) bond motifs is 1. The summed E-state index contributed by atoms with van der Waals surface area (Å²) in [6.45, 7) is 1.62. The van der Waals surface area contributed by atoms with Gasteiger partial charge in [0, 0.05) is 22.1 Å². The van der Waals surface area contributed by atoms with Crippen molar-refractivity contribution in [2.24, 2.45) is 0 Å². The number of ketones is 1. The lowest BCUT2D eigenvalue weighted by atomic mass is 10.2. The van der Waals surface area contributed by atoms with E-state index in [0.29, 0.717) is 11.4 Å². The van der Waals surface area contributed by atoms with Crippen LogP contribution in [-0.2, 0) is 9.59 Å². The molecule has 3 nitrogen and oxygen atoms in total. The molecule has 17 heavy (non-hydrogen) atoms. The van der Waals surface area contributed by atoms with Gasteiger partial charge >= 0.3 is 0 Å². The number of rotatable bonds is 2. The molecule has 0 fully saturated rings. The average Bonchev–Trinajstić information content (AvgIpc) is 2.39. The molecule has 2 rings (SSSR count). The van der Waals surface area contributed by atoms with Crippen LogP contribution in [0.3, 0.4) is 0 Å². The molecule has 0 radical (unpaired) electrons. The number of halogens is 1. The summed E-state index contributed by atoms with van der Waals surface area (Å²) in [5, 5.41) is 0.647. The monoisotopic (exact) mass is 269 g/mol. The molecule has 1 aromatic carbocycles. The van der Waals surface area contributed by atoms with Gasteiger partial charge in [-0.2, -0.15) is 0 Å². The molecule has 0 saturated heterocycles. The Hall–Kier alpha value is -1.00. The first-order chi connectivity index (χ1) is 8.08. The minimum Gasteiger partial charge on any atom is -0.304 e. The second kappa shape index (κ2) is 5.10. The van der Waals surface area contributed by atoms with E-state index >= 15 is 0 Å². The average molecular weight is 270 g/mol. The minimum absolute atomic E-state index is 0.00577. The molecule has 1 heterocycles. The van der Waals surface area contributed by atoms with Crippen molar-refractivity contribution in [2.45, 2.75) is 18.2 Å². The smallest absolute Gasteiger partial charge is 0.228 e. The maximum absolute atomic E-state index is 11.9. The lowest BCUT2D eigenvalue weighted by molar-refractivity contribution is -0.121. The van der Waals surface area contributed by atoms with Gasteiger partial charge in [-0.15, -0.1) is 11.8 Å². The van der Waals surface area contributed by atoms with Gasteiger partial charge in [0.15, 0.2) is 0 Å². The number of anilines is 1. The fraction of sp³-hybridized carbons (Fsp3) is 0.333. The zero-order chi connectivity index (χ0) is 12.4. The van der Waals surface area contributed by atoms with Crippen molar-refractivity contribution in [2.75, 3.05) is 17.2 Å². The highest BCUT2D eigenvalue weighted by Crippen LogP contribution is 2.36.